The average molecular weight is 308 g/mol. The summed E-state index contributed by atoms with van der Waals surface area (Å²) in [5.74, 6) is 0. The number of methoxy groups -OCH3 is 1. The van der Waals surface area contributed by atoms with E-state index in [0.717, 1.165) is 11.1 Å². The van der Waals surface area contributed by atoms with E-state index in [2.05, 4.69) is 9.95 Å². The molecule has 2 aliphatic heterocycles. The van der Waals surface area contributed by atoms with Crippen molar-refractivity contribution in [3.8, 4) is 0 Å². The van der Waals surface area contributed by atoms with Gasteiger partial charge in [0.05, 0.1) is 17.3 Å². The first kappa shape index (κ1) is 14.3. The number of hydrazone groups is 1. The van der Waals surface area contributed by atoms with Crippen LogP contribution in [-0.2, 0) is 4.74 Å². The van der Waals surface area contributed by atoms with Crippen molar-refractivity contribution in [2.75, 3.05) is 13.7 Å². The third kappa shape index (κ3) is 2.10. The molecule has 1 aromatic carbocycles. The molecule has 0 aliphatic carbocycles. The van der Waals surface area contributed by atoms with E-state index in [9.17, 15) is 4.39 Å². The molecule has 21 heavy (non-hydrogen) atoms. The molecule has 0 unspecified atom stereocenters. The molecule has 1 fully saturated rings. The maximum Gasteiger partial charge on any atom is 0.205 e. The van der Waals surface area contributed by atoms with E-state index in [0.29, 0.717) is 29.4 Å². The maximum absolute atomic E-state index is 14.0. The Bertz CT molecular complexity index is 655. The molecule has 2 aliphatic rings. The van der Waals surface area contributed by atoms with Crippen LogP contribution < -0.4 is 0 Å². The summed E-state index contributed by atoms with van der Waals surface area (Å²) in [6.07, 6.45) is -0.858. The van der Waals surface area contributed by atoms with Gasteiger partial charge in [-0.2, -0.15) is 5.10 Å². The van der Waals surface area contributed by atoms with Crippen LogP contribution in [0.1, 0.15) is 17.5 Å². The van der Waals surface area contributed by atoms with E-state index in [1.807, 2.05) is 13.0 Å². The third-order valence-electron chi connectivity index (χ3n) is 4.18. The molecule has 1 saturated heterocycles. The van der Waals surface area contributed by atoms with Gasteiger partial charge in [-0.25, -0.2) is 9.24 Å². The van der Waals surface area contributed by atoms with Gasteiger partial charge in [-0.05, 0) is 18.9 Å². The van der Waals surface area contributed by atoms with E-state index in [1.54, 1.807) is 18.2 Å². The highest BCUT2D eigenvalue weighted by atomic mass is 35.5. The molecule has 6 heteroatoms. The normalized spacial score (nSPS) is 27.5. The Kier molecular flexibility index (Phi) is 3.60. The molecule has 3 atom stereocenters. The van der Waals surface area contributed by atoms with Crippen molar-refractivity contribution >= 4 is 23.0 Å². The Balaban J connectivity index is 2.05. The van der Waals surface area contributed by atoms with Gasteiger partial charge < -0.3 is 4.74 Å². The van der Waals surface area contributed by atoms with Crippen LogP contribution in [-0.4, -0.2) is 42.7 Å². The first-order valence-corrected chi connectivity index (χ1v) is 7.15. The Morgan fingerprint density at radius 3 is 2.95 bits per heavy atom. The van der Waals surface area contributed by atoms with Crippen molar-refractivity contribution in [2.24, 2.45) is 5.10 Å². The third-order valence-corrected chi connectivity index (χ3v) is 4.66. The molecule has 0 saturated carbocycles. The zero-order valence-electron chi connectivity index (χ0n) is 11.8. The first-order valence-electron chi connectivity index (χ1n) is 6.77. The highest BCUT2D eigenvalue weighted by Gasteiger charge is 2.47. The van der Waals surface area contributed by atoms with E-state index >= 15 is 0 Å². The van der Waals surface area contributed by atoms with Gasteiger partial charge in [-0.15, -0.1) is 0 Å². The maximum atomic E-state index is 14.0. The predicted octanol–water partition coefficient (Wildman–Crippen LogP) is 3.34. The van der Waals surface area contributed by atoms with Crippen molar-refractivity contribution in [1.29, 1.82) is 0 Å². The van der Waals surface area contributed by atoms with Crippen LogP contribution in [0.15, 0.2) is 17.2 Å². The van der Waals surface area contributed by atoms with E-state index in [1.165, 1.54) is 0 Å². The lowest BCUT2D eigenvalue weighted by atomic mass is 9.95. The quantitative estimate of drug-likeness (QED) is 0.784. The Labute approximate surface area is 128 Å². The highest BCUT2D eigenvalue weighted by Crippen LogP contribution is 2.36. The van der Waals surface area contributed by atoms with Crippen LogP contribution in [0.5, 0.6) is 0 Å². The van der Waals surface area contributed by atoms with E-state index in [4.69, 9.17) is 22.9 Å². The second kappa shape index (κ2) is 5.28. The Morgan fingerprint density at radius 1 is 1.52 bits per heavy atom. The molecular formula is C15H15ClFN3O. The smallest absolute Gasteiger partial charge is 0.205 e. The molecule has 0 spiro atoms. The first-order chi connectivity index (χ1) is 10.1. The largest absolute Gasteiger partial charge is 0.373 e. The number of benzene rings is 1. The van der Waals surface area contributed by atoms with Crippen LogP contribution in [0.2, 0.25) is 5.02 Å². The molecule has 0 bridgehead atoms. The van der Waals surface area contributed by atoms with Gasteiger partial charge in [0.2, 0.25) is 5.69 Å². The van der Waals surface area contributed by atoms with Gasteiger partial charge in [0.1, 0.15) is 18.3 Å². The average Bonchev–Trinajstić information content (AvgIpc) is 3.02. The van der Waals surface area contributed by atoms with Gasteiger partial charge in [0.15, 0.2) is 0 Å². The molecule has 110 valence electrons. The van der Waals surface area contributed by atoms with Gasteiger partial charge in [-0.1, -0.05) is 23.7 Å². The van der Waals surface area contributed by atoms with Gasteiger partial charge in [-0.3, -0.25) is 5.01 Å². The van der Waals surface area contributed by atoms with Crippen molar-refractivity contribution in [2.45, 2.75) is 31.7 Å². The Morgan fingerprint density at radius 2 is 2.29 bits per heavy atom. The van der Waals surface area contributed by atoms with Crippen molar-refractivity contribution in [1.82, 2.24) is 5.01 Å². The van der Waals surface area contributed by atoms with Crippen LogP contribution in [0.3, 0.4) is 0 Å². The van der Waals surface area contributed by atoms with Crippen LogP contribution in [0.25, 0.3) is 4.85 Å². The highest BCUT2D eigenvalue weighted by molar-refractivity contribution is 6.34. The lowest BCUT2D eigenvalue weighted by Gasteiger charge is -2.22. The number of ether oxygens (including phenoxy) is 1. The number of halogens is 2. The molecule has 1 aromatic rings. The lowest BCUT2D eigenvalue weighted by Crippen LogP contribution is -2.40. The minimum absolute atomic E-state index is 0.358. The fourth-order valence-corrected chi connectivity index (χ4v) is 3.28. The minimum Gasteiger partial charge on any atom is -0.373 e. The SMILES string of the molecule is [C-]#[N+]c1ccc(C2=NN3CC[C@H](F)[C@H]3[C@@H]2OC)c(C)c1Cl. The topological polar surface area (TPSA) is 29.2 Å². The van der Waals surface area contributed by atoms with Crippen molar-refractivity contribution < 1.29 is 9.13 Å². The number of hydrogen-bond acceptors (Lipinski definition) is 3. The number of rotatable bonds is 2. The summed E-state index contributed by atoms with van der Waals surface area (Å²) in [4.78, 5) is 3.38. The minimum atomic E-state index is -0.936. The lowest BCUT2D eigenvalue weighted by molar-refractivity contribution is 0.0701. The predicted molar refractivity (Wildman–Crippen MR) is 79.8 cm³/mol. The van der Waals surface area contributed by atoms with Crippen LogP contribution in [0.4, 0.5) is 10.1 Å². The van der Waals surface area contributed by atoms with Crippen LogP contribution >= 0.6 is 11.6 Å². The summed E-state index contributed by atoms with van der Waals surface area (Å²) >= 11 is 6.22. The standard InChI is InChI=1S/C15H15ClFN3O/c1-8-9(4-5-11(18-2)12(8)16)13-15(21-3)14-10(17)6-7-20(14)19-13/h4-5,10,14-15H,6-7H2,1,3H3/t10-,14-,15+/m0/s1. The molecule has 0 aromatic heterocycles. The molecule has 3 rings (SSSR count). The second-order valence-corrected chi connectivity index (χ2v) is 5.66. The van der Waals surface area contributed by atoms with Gasteiger partial charge in [0.25, 0.3) is 0 Å². The van der Waals surface area contributed by atoms with E-state index < -0.39 is 12.3 Å². The van der Waals surface area contributed by atoms with Gasteiger partial charge >= 0.3 is 0 Å². The molecular weight excluding hydrogens is 293 g/mol. The van der Waals surface area contributed by atoms with Crippen LogP contribution in [0, 0.1) is 13.5 Å². The van der Waals surface area contributed by atoms with Gasteiger partial charge in [0, 0.05) is 19.2 Å². The molecule has 0 radical (unpaired) electrons. The van der Waals surface area contributed by atoms with Crippen molar-refractivity contribution in [3.05, 3.63) is 39.7 Å². The Hall–Kier alpha value is -1.64. The van der Waals surface area contributed by atoms with E-state index in [-0.39, 0.29) is 6.04 Å². The molecule has 2 heterocycles. The summed E-state index contributed by atoms with van der Waals surface area (Å²) in [6.45, 7) is 9.54. The summed E-state index contributed by atoms with van der Waals surface area (Å²) in [7, 11) is 1.57. The molecule has 0 N–H and O–H groups in total. The number of alkyl halides is 1. The summed E-state index contributed by atoms with van der Waals surface area (Å²) in [6, 6.07) is 3.13. The summed E-state index contributed by atoms with van der Waals surface area (Å²) < 4.78 is 19.5. The molecule has 4 nitrogen and oxygen atoms in total. The number of fused-ring (bicyclic) bond motifs is 1. The fourth-order valence-electron chi connectivity index (χ4n) is 3.07. The number of hydrogen-bond donors (Lipinski definition) is 0. The zero-order valence-corrected chi connectivity index (χ0v) is 12.6. The molecule has 0 amide bonds. The summed E-state index contributed by atoms with van der Waals surface area (Å²) in [5, 5.41) is 6.72. The second-order valence-electron chi connectivity index (χ2n) is 5.28. The van der Waals surface area contributed by atoms with Crippen molar-refractivity contribution in [3.63, 3.8) is 0 Å². The number of nitrogens with zero attached hydrogens (tertiary/aromatic N) is 3. The summed E-state index contributed by atoms with van der Waals surface area (Å²) in [5.41, 5.74) is 2.71. The zero-order chi connectivity index (χ0) is 15.1. The monoisotopic (exact) mass is 307 g/mol. The fraction of sp³-hybridized carbons (Fsp3) is 0.467.